The molecule has 1 aromatic carbocycles. The fourth-order valence-corrected chi connectivity index (χ4v) is 1.66. The van der Waals surface area contributed by atoms with Crippen molar-refractivity contribution < 1.29 is 19.4 Å². The van der Waals surface area contributed by atoms with E-state index in [2.05, 4.69) is 20.8 Å². The number of anilines is 1. The van der Waals surface area contributed by atoms with Gasteiger partial charge in [0.2, 0.25) is 0 Å². The molecule has 0 radical (unpaired) electrons. The number of methoxy groups -OCH3 is 1. The number of aromatic nitrogens is 2. The molecule has 0 aliphatic heterocycles. The molecular formula is C13H14N4O4. The molecule has 1 heterocycles. The van der Waals surface area contributed by atoms with Crippen molar-refractivity contribution in [3.05, 3.63) is 41.7 Å². The summed E-state index contributed by atoms with van der Waals surface area (Å²) >= 11 is 0. The van der Waals surface area contributed by atoms with Crippen molar-refractivity contribution >= 4 is 17.7 Å². The third kappa shape index (κ3) is 3.72. The minimum atomic E-state index is -1.08. The summed E-state index contributed by atoms with van der Waals surface area (Å²) < 4.78 is 5.08. The third-order valence-electron chi connectivity index (χ3n) is 2.70. The molecule has 0 bridgehead atoms. The van der Waals surface area contributed by atoms with Crippen LogP contribution in [-0.4, -0.2) is 34.4 Å². The molecular weight excluding hydrogens is 276 g/mol. The number of urea groups is 1. The predicted octanol–water partition coefficient (Wildman–Crippen LogP) is 1.44. The third-order valence-corrected chi connectivity index (χ3v) is 2.70. The molecule has 4 N–H and O–H groups in total. The van der Waals surface area contributed by atoms with Gasteiger partial charge in [-0.2, -0.15) is 5.10 Å². The van der Waals surface area contributed by atoms with Gasteiger partial charge in [-0.1, -0.05) is 0 Å². The van der Waals surface area contributed by atoms with Crippen LogP contribution in [0.1, 0.15) is 15.9 Å². The van der Waals surface area contributed by atoms with E-state index in [4.69, 9.17) is 9.84 Å². The lowest BCUT2D eigenvalue weighted by molar-refractivity contribution is 0.0697. The smallest absolute Gasteiger partial charge is 0.335 e. The first-order valence-corrected chi connectivity index (χ1v) is 6.04. The fourth-order valence-electron chi connectivity index (χ4n) is 1.66. The number of benzene rings is 1. The number of carboxylic acid groups (broad SMARTS) is 1. The van der Waals surface area contributed by atoms with Crippen molar-refractivity contribution in [3.63, 3.8) is 0 Å². The molecule has 0 spiro atoms. The lowest BCUT2D eigenvalue weighted by Gasteiger charge is -2.11. The number of H-pyrrole nitrogens is 1. The van der Waals surface area contributed by atoms with Gasteiger partial charge in [0.15, 0.2) is 0 Å². The van der Waals surface area contributed by atoms with Gasteiger partial charge in [0.1, 0.15) is 5.75 Å². The van der Waals surface area contributed by atoms with Crippen LogP contribution in [0.3, 0.4) is 0 Å². The highest BCUT2D eigenvalue weighted by atomic mass is 16.5. The van der Waals surface area contributed by atoms with Gasteiger partial charge in [-0.3, -0.25) is 5.10 Å². The summed E-state index contributed by atoms with van der Waals surface area (Å²) in [7, 11) is 1.43. The molecule has 8 heteroatoms. The number of carbonyl (C=O) groups is 2. The Labute approximate surface area is 120 Å². The molecule has 2 amide bonds. The SMILES string of the molecule is COc1ccc(C(=O)O)cc1NC(=O)NCc1cn[nH]c1. The van der Waals surface area contributed by atoms with E-state index in [9.17, 15) is 9.59 Å². The summed E-state index contributed by atoms with van der Waals surface area (Å²) in [5.74, 6) is -0.710. The van der Waals surface area contributed by atoms with Crippen molar-refractivity contribution in [2.45, 2.75) is 6.54 Å². The first kappa shape index (κ1) is 14.4. The summed E-state index contributed by atoms with van der Waals surface area (Å²) in [5, 5.41) is 20.5. The minimum absolute atomic E-state index is 0.0564. The van der Waals surface area contributed by atoms with Crippen LogP contribution >= 0.6 is 0 Å². The van der Waals surface area contributed by atoms with Gasteiger partial charge < -0.3 is 20.5 Å². The molecule has 21 heavy (non-hydrogen) atoms. The van der Waals surface area contributed by atoms with E-state index in [1.165, 1.54) is 25.3 Å². The zero-order chi connectivity index (χ0) is 15.2. The Morgan fingerprint density at radius 2 is 2.24 bits per heavy atom. The molecule has 0 saturated carbocycles. The van der Waals surface area contributed by atoms with Crippen LogP contribution in [0.2, 0.25) is 0 Å². The number of carboxylic acids is 1. The van der Waals surface area contributed by atoms with E-state index in [-0.39, 0.29) is 11.3 Å². The first-order chi connectivity index (χ1) is 10.1. The Hall–Kier alpha value is -3.03. The Morgan fingerprint density at radius 3 is 2.86 bits per heavy atom. The van der Waals surface area contributed by atoms with Crippen molar-refractivity contribution in [2.24, 2.45) is 0 Å². The lowest BCUT2D eigenvalue weighted by atomic mass is 10.2. The van der Waals surface area contributed by atoms with Crippen LogP contribution in [0.5, 0.6) is 5.75 Å². The molecule has 2 rings (SSSR count). The van der Waals surface area contributed by atoms with Gasteiger partial charge in [-0.25, -0.2) is 9.59 Å². The number of hydrogen-bond donors (Lipinski definition) is 4. The van der Waals surface area contributed by atoms with Crippen LogP contribution in [-0.2, 0) is 6.54 Å². The quantitative estimate of drug-likeness (QED) is 0.665. The number of aromatic amines is 1. The zero-order valence-electron chi connectivity index (χ0n) is 11.2. The van der Waals surface area contributed by atoms with Crippen molar-refractivity contribution in [2.75, 3.05) is 12.4 Å². The van der Waals surface area contributed by atoms with Crippen molar-refractivity contribution in [3.8, 4) is 5.75 Å². The van der Waals surface area contributed by atoms with Crippen molar-refractivity contribution in [1.82, 2.24) is 15.5 Å². The number of rotatable bonds is 5. The minimum Gasteiger partial charge on any atom is -0.495 e. The maximum Gasteiger partial charge on any atom is 0.335 e. The average Bonchev–Trinajstić information content (AvgIpc) is 2.98. The normalized spacial score (nSPS) is 9.95. The summed E-state index contributed by atoms with van der Waals surface area (Å²) in [6, 6.07) is 3.74. The largest absolute Gasteiger partial charge is 0.495 e. The fraction of sp³-hybridized carbons (Fsp3) is 0.154. The lowest BCUT2D eigenvalue weighted by Crippen LogP contribution is -2.28. The number of nitrogens with one attached hydrogen (secondary N) is 3. The highest BCUT2D eigenvalue weighted by molar-refractivity contribution is 5.94. The molecule has 0 fully saturated rings. The second kappa shape index (κ2) is 6.42. The number of carbonyl (C=O) groups excluding carboxylic acids is 1. The zero-order valence-corrected chi connectivity index (χ0v) is 11.2. The molecule has 0 aliphatic rings. The summed E-state index contributed by atoms with van der Waals surface area (Å²) in [6.07, 6.45) is 3.25. The monoisotopic (exact) mass is 290 g/mol. The number of aromatic carboxylic acids is 1. The Kier molecular flexibility index (Phi) is 4.39. The standard InChI is InChI=1S/C13H14N4O4/c1-21-11-3-2-9(12(18)19)4-10(11)17-13(20)14-5-8-6-15-16-7-8/h2-4,6-7H,5H2,1H3,(H,15,16)(H,18,19)(H2,14,17,20). The highest BCUT2D eigenvalue weighted by Crippen LogP contribution is 2.25. The summed E-state index contributed by atoms with van der Waals surface area (Å²) in [6.45, 7) is 0.295. The van der Waals surface area contributed by atoms with Gasteiger partial charge >= 0.3 is 12.0 Å². The Bertz CT molecular complexity index is 640. The molecule has 110 valence electrons. The van der Waals surface area contributed by atoms with E-state index in [0.29, 0.717) is 12.3 Å². The van der Waals surface area contributed by atoms with E-state index in [0.717, 1.165) is 5.56 Å². The number of nitrogens with zero attached hydrogens (tertiary/aromatic N) is 1. The Morgan fingerprint density at radius 1 is 1.43 bits per heavy atom. The molecule has 2 aromatic rings. The van der Waals surface area contributed by atoms with Gasteiger partial charge in [0.05, 0.1) is 24.6 Å². The van der Waals surface area contributed by atoms with Crippen LogP contribution < -0.4 is 15.4 Å². The first-order valence-electron chi connectivity index (χ1n) is 6.04. The van der Waals surface area contributed by atoms with E-state index in [1.54, 1.807) is 12.4 Å². The molecule has 0 atom stereocenters. The second-order valence-electron chi connectivity index (χ2n) is 4.13. The molecule has 0 saturated heterocycles. The van der Waals surface area contributed by atoms with Gasteiger partial charge in [0, 0.05) is 18.3 Å². The summed E-state index contributed by atoms with van der Waals surface area (Å²) in [4.78, 5) is 22.7. The topological polar surface area (TPSA) is 116 Å². The van der Waals surface area contributed by atoms with Crippen LogP contribution in [0, 0.1) is 0 Å². The number of amides is 2. The van der Waals surface area contributed by atoms with E-state index >= 15 is 0 Å². The molecule has 0 unspecified atom stereocenters. The van der Waals surface area contributed by atoms with Crippen LogP contribution in [0.15, 0.2) is 30.6 Å². The van der Waals surface area contributed by atoms with Crippen LogP contribution in [0.4, 0.5) is 10.5 Å². The average molecular weight is 290 g/mol. The maximum atomic E-state index is 11.8. The Balaban J connectivity index is 2.04. The highest BCUT2D eigenvalue weighted by Gasteiger charge is 2.11. The second-order valence-corrected chi connectivity index (χ2v) is 4.13. The number of ether oxygens (including phenoxy) is 1. The molecule has 8 nitrogen and oxygen atoms in total. The van der Waals surface area contributed by atoms with E-state index < -0.39 is 12.0 Å². The predicted molar refractivity (Wildman–Crippen MR) is 74.4 cm³/mol. The number of hydrogen-bond acceptors (Lipinski definition) is 4. The molecule has 0 aliphatic carbocycles. The van der Waals surface area contributed by atoms with E-state index in [1.807, 2.05) is 0 Å². The maximum absolute atomic E-state index is 11.8. The van der Waals surface area contributed by atoms with Crippen molar-refractivity contribution in [1.29, 1.82) is 0 Å². The van der Waals surface area contributed by atoms with Gasteiger partial charge in [-0.05, 0) is 18.2 Å². The van der Waals surface area contributed by atoms with Gasteiger partial charge in [-0.15, -0.1) is 0 Å². The summed E-state index contributed by atoms with van der Waals surface area (Å²) in [5.41, 5.74) is 1.15. The molecule has 1 aromatic heterocycles. The van der Waals surface area contributed by atoms with Gasteiger partial charge in [0.25, 0.3) is 0 Å². The van der Waals surface area contributed by atoms with Crippen LogP contribution in [0.25, 0.3) is 0 Å².